The lowest BCUT2D eigenvalue weighted by Crippen LogP contribution is -2.44. The van der Waals surface area contributed by atoms with E-state index in [1.54, 1.807) is 0 Å². The van der Waals surface area contributed by atoms with Gasteiger partial charge >= 0.3 is 0 Å². The average Bonchev–Trinajstić information content (AvgIpc) is 3.05. The Morgan fingerprint density at radius 3 is 2.82 bits per heavy atom. The Hall–Kier alpha value is -1.81. The van der Waals surface area contributed by atoms with Crippen LogP contribution >= 0.6 is 23.6 Å². The molecule has 22 heavy (non-hydrogen) atoms. The Labute approximate surface area is 137 Å². The lowest BCUT2D eigenvalue weighted by molar-refractivity contribution is -0.122. The van der Waals surface area contributed by atoms with Crippen LogP contribution in [0.4, 0.5) is 5.13 Å². The number of hydrogen-bond acceptors (Lipinski definition) is 6. The fraction of sp³-hybridized carbons (Fsp3) is 0.583. The summed E-state index contributed by atoms with van der Waals surface area (Å²) in [6, 6.07) is 0. The summed E-state index contributed by atoms with van der Waals surface area (Å²) in [7, 11) is 0. The molecule has 5 N–H and O–H groups in total. The van der Waals surface area contributed by atoms with Gasteiger partial charge in [-0.1, -0.05) is 11.3 Å². The highest BCUT2D eigenvalue weighted by molar-refractivity contribution is 7.80. The van der Waals surface area contributed by atoms with E-state index < -0.39 is 0 Å². The zero-order valence-corrected chi connectivity index (χ0v) is 13.7. The van der Waals surface area contributed by atoms with Crippen LogP contribution in [0, 0.1) is 5.92 Å². The number of carbonyl (C=O) groups is 2. The molecule has 0 saturated heterocycles. The Bertz CT molecular complexity index is 576. The molecule has 2 amide bonds. The van der Waals surface area contributed by atoms with Crippen molar-refractivity contribution < 1.29 is 9.59 Å². The van der Waals surface area contributed by atoms with Crippen LogP contribution in [-0.2, 0) is 9.59 Å². The summed E-state index contributed by atoms with van der Waals surface area (Å²) in [6.07, 6.45) is 3.23. The number of nitrogens with zero attached hydrogens (tertiary/aromatic N) is 2. The molecule has 2 rings (SSSR count). The molecule has 1 heterocycles. The van der Waals surface area contributed by atoms with E-state index in [0.717, 1.165) is 24.3 Å². The summed E-state index contributed by atoms with van der Waals surface area (Å²) >= 11 is 6.01. The van der Waals surface area contributed by atoms with Gasteiger partial charge in [-0.3, -0.25) is 20.4 Å². The third kappa shape index (κ3) is 4.88. The highest BCUT2D eigenvalue weighted by Gasteiger charge is 2.30. The van der Waals surface area contributed by atoms with Crippen LogP contribution in [0.15, 0.2) is 0 Å². The first-order chi connectivity index (χ1) is 10.4. The van der Waals surface area contributed by atoms with Crippen LogP contribution in [0.1, 0.15) is 43.5 Å². The number of hydrogen-bond donors (Lipinski definition) is 4. The number of carbonyl (C=O) groups excluding carboxylic acids is 2. The first-order valence-corrected chi connectivity index (χ1v) is 8.11. The smallest absolute Gasteiger partial charge is 0.238 e. The maximum atomic E-state index is 11.7. The predicted octanol–water partition coefficient (Wildman–Crippen LogP) is 0.635. The van der Waals surface area contributed by atoms with Gasteiger partial charge in [0.15, 0.2) is 5.11 Å². The largest absolute Gasteiger partial charge is 0.375 e. The molecule has 0 aromatic carbocycles. The molecule has 120 valence electrons. The number of nitrogens with one attached hydrogen (secondary N) is 3. The third-order valence-electron chi connectivity index (χ3n) is 3.41. The van der Waals surface area contributed by atoms with Crippen molar-refractivity contribution in [2.24, 2.45) is 11.7 Å². The van der Waals surface area contributed by atoms with Crippen molar-refractivity contribution in [2.75, 3.05) is 5.32 Å². The van der Waals surface area contributed by atoms with Gasteiger partial charge in [0, 0.05) is 19.3 Å². The molecule has 1 aliphatic rings. The molecule has 1 fully saturated rings. The minimum absolute atomic E-state index is 0.0389. The Morgan fingerprint density at radius 1 is 1.36 bits per heavy atom. The minimum atomic E-state index is -0.158. The number of hydrazine groups is 1. The van der Waals surface area contributed by atoms with E-state index in [1.807, 2.05) is 0 Å². The predicted molar refractivity (Wildman–Crippen MR) is 87.0 cm³/mol. The van der Waals surface area contributed by atoms with E-state index >= 15 is 0 Å². The standard InChI is InChI=1S/C12H18N6O2S2/c1-6(19)14-12-18-16-10(22-12)8-3-2-7(4-8)5-9(20)15-17-11(13)21/h7-8H,2-5H2,1H3,(H,15,20)(H3,13,17,21)(H,14,18,19)/t7-,8+/m0/s1. The van der Waals surface area contributed by atoms with Gasteiger partial charge in [-0.25, -0.2) is 0 Å². The van der Waals surface area contributed by atoms with Crippen molar-refractivity contribution in [2.45, 2.75) is 38.5 Å². The summed E-state index contributed by atoms with van der Waals surface area (Å²) in [5, 5.41) is 12.2. The molecule has 0 unspecified atom stereocenters. The van der Waals surface area contributed by atoms with Crippen LogP contribution in [0.2, 0.25) is 0 Å². The lowest BCUT2D eigenvalue weighted by atomic mass is 10.0. The molecule has 0 bridgehead atoms. The number of thiocarbonyl (C=S) groups is 1. The highest BCUT2D eigenvalue weighted by Crippen LogP contribution is 2.41. The van der Waals surface area contributed by atoms with Gasteiger partial charge in [-0.2, -0.15) is 0 Å². The normalized spacial score (nSPS) is 20.4. The molecule has 1 aromatic heterocycles. The topological polar surface area (TPSA) is 122 Å². The summed E-state index contributed by atoms with van der Waals surface area (Å²) < 4.78 is 0. The maximum absolute atomic E-state index is 11.7. The van der Waals surface area contributed by atoms with Gasteiger partial charge in [0.1, 0.15) is 5.01 Å². The van der Waals surface area contributed by atoms with E-state index in [4.69, 9.17) is 5.73 Å². The monoisotopic (exact) mass is 342 g/mol. The lowest BCUT2D eigenvalue weighted by Gasteiger charge is -2.10. The molecule has 0 radical (unpaired) electrons. The molecule has 1 aliphatic carbocycles. The summed E-state index contributed by atoms with van der Waals surface area (Å²) in [5.41, 5.74) is 10.1. The van der Waals surface area contributed by atoms with Crippen molar-refractivity contribution in [3.63, 3.8) is 0 Å². The van der Waals surface area contributed by atoms with E-state index in [-0.39, 0.29) is 16.9 Å². The first kappa shape index (κ1) is 16.6. The van der Waals surface area contributed by atoms with Crippen LogP contribution in [0.5, 0.6) is 0 Å². The van der Waals surface area contributed by atoms with E-state index in [2.05, 4.69) is 38.6 Å². The van der Waals surface area contributed by atoms with Gasteiger partial charge < -0.3 is 11.1 Å². The fourth-order valence-corrected chi connectivity index (χ4v) is 3.52. The Balaban J connectivity index is 1.82. The van der Waals surface area contributed by atoms with Gasteiger partial charge in [0.05, 0.1) is 0 Å². The number of nitrogens with two attached hydrogens (primary N) is 1. The SMILES string of the molecule is CC(=O)Nc1nnc([C@@H]2CC[C@H](CC(=O)NNC(N)=S)C2)s1. The van der Waals surface area contributed by atoms with Crippen LogP contribution in [-0.4, -0.2) is 27.1 Å². The van der Waals surface area contributed by atoms with Crippen molar-refractivity contribution in [3.05, 3.63) is 5.01 Å². The quantitative estimate of drug-likeness (QED) is 0.468. The summed E-state index contributed by atoms with van der Waals surface area (Å²) in [6.45, 7) is 1.44. The molecule has 1 aromatic rings. The molecular weight excluding hydrogens is 324 g/mol. The molecule has 1 saturated carbocycles. The zero-order valence-electron chi connectivity index (χ0n) is 12.1. The number of rotatable bonds is 4. The Kier molecular flexibility index (Phi) is 5.61. The van der Waals surface area contributed by atoms with E-state index in [1.165, 1.54) is 18.3 Å². The van der Waals surface area contributed by atoms with Gasteiger partial charge in [-0.05, 0) is 37.4 Å². The van der Waals surface area contributed by atoms with Gasteiger partial charge in [-0.15, -0.1) is 10.2 Å². The molecular formula is C12H18N6O2S2. The Morgan fingerprint density at radius 2 is 2.14 bits per heavy atom. The van der Waals surface area contributed by atoms with Crippen molar-refractivity contribution in [1.82, 2.24) is 21.0 Å². The van der Waals surface area contributed by atoms with E-state index in [9.17, 15) is 9.59 Å². The molecule has 8 nitrogen and oxygen atoms in total. The fourth-order valence-electron chi connectivity index (χ4n) is 2.53. The molecule has 0 spiro atoms. The second kappa shape index (κ2) is 7.45. The van der Waals surface area contributed by atoms with Crippen LogP contribution in [0.25, 0.3) is 0 Å². The second-order valence-electron chi connectivity index (χ2n) is 5.24. The van der Waals surface area contributed by atoms with Gasteiger partial charge in [0.25, 0.3) is 0 Å². The maximum Gasteiger partial charge on any atom is 0.238 e. The first-order valence-electron chi connectivity index (χ1n) is 6.89. The summed E-state index contributed by atoms with van der Waals surface area (Å²) in [5.74, 6) is 0.302. The summed E-state index contributed by atoms with van der Waals surface area (Å²) in [4.78, 5) is 22.7. The third-order valence-corrected chi connectivity index (χ3v) is 4.52. The van der Waals surface area contributed by atoms with Crippen LogP contribution in [0.3, 0.4) is 0 Å². The number of amides is 2. The van der Waals surface area contributed by atoms with Crippen molar-refractivity contribution in [3.8, 4) is 0 Å². The highest BCUT2D eigenvalue weighted by atomic mass is 32.1. The van der Waals surface area contributed by atoms with Crippen LogP contribution < -0.4 is 21.9 Å². The number of anilines is 1. The second-order valence-corrected chi connectivity index (χ2v) is 6.69. The van der Waals surface area contributed by atoms with Crippen molar-refractivity contribution in [1.29, 1.82) is 0 Å². The zero-order chi connectivity index (χ0) is 16.1. The molecule has 0 aliphatic heterocycles. The molecule has 2 atom stereocenters. The molecule has 10 heteroatoms. The number of aromatic nitrogens is 2. The average molecular weight is 342 g/mol. The minimum Gasteiger partial charge on any atom is -0.375 e. The van der Waals surface area contributed by atoms with Crippen molar-refractivity contribution >= 4 is 45.6 Å². The van der Waals surface area contributed by atoms with Gasteiger partial charge in [0.2, 0.25) is 16.9 Å². The van der Waals surface area contributed by atoms with E-state index in [0.29, 0.717) is 23.4 Å².